The smallest absolute Gasteiger partial charge is 0.129 e. The first-order chi connectivity index (χ1) is 8.66. The lowest BCUT2D eigenvalue weighted by Crippen LogP contribution is -2.51. The van der Waals surface area contributed by atoms with Gasteiger partial charge in [-0.15, -0.1) is 0 Å². The summed E-state index contributed by atoms with van der Waals surface area (Å²) in [5, 5.41) is 3.48. The number of hydrogen-bond acceptors (Lipinski definition) is 4. The van der Waals surface area contributed by atoms with Gasteiger partial charge in [0.15, 0.2) is 0 Å². The third kappa shape index (κ3) is 3.43. The van der Waals surface area contributed by atoms with Gasteiger partial charge in [0.2, 0.25) is 0 Å². The van der Waals surface area contributed by atoms with Crippen molar-refractivity contribution in [1.82, 2.24) is 10.3 Å². The summed E-state index contributed by atoms with van der Waals surface area (Å²) in [4.78, 5) is 6.84. The third-order valence-corrected chi connectivity index (χ3v) is 3.18. The summed E-state index contributed by atoms with van der Waals surface area (Å²) < 4.78 is 5.59. The molecule has 0 aromatic carbocycles. The van der Waals surface area contributed by atoms with Crippen molar-refractivity contribution in [1.29, 1.82) is 0 Å². The largest absolute Gasteiger partial charge is 0.377 e. The normalized spacial score (nSPS) is 20.4. The average molecular weight is 249 g/mol. The predicted octanol–water partition coefficient (Wildman–Crippen LogP) is 1.59. The average Bonchev–Trinajstić information content (AvgIpc) is 2.36. The van der Waals surface area contributed by atoms with E-state index in [0.717, 1.165) is 32.1 Å². The summed E-state index contributed by atoms with van der Waals surface area (Å²) in [5.74, 6) is 1.06. The molecule has 0 radical (unpaired) electrons. The number of anilines is 1. The Morgan fingerprint density at radius 3 is 3.11 bits per heavy atom. The zero-order chi connectivity index (χ0) is 13.0. The molecular formula is C14H23N3O. The fraction of sp³-hybridized carbons (Fsp3) is 0.643. The highest BCUT2D eigenvalue weighted by Gasteiger charge is 2.24. The molecule has 1 saturated heterocycles. The highest BCUT2D eigenvalue weighted by atomic mass is 16.5. The molecule has 2 heterocycles. The number of pyridine rings is 1. The molecule has 2 rings (SSSR count). The van der Waals surface area contributed by atoms with E-state index in [0.29, 0.717) is 12.1 Å². The number of morpholine rings is 1. The van der Waals surface area contributed by atoms with E-state index in [1.54, 1.807) is 0 Å². The van der Waals surface area contributed by atoms with Crippen LogP contribution in [0.3, 0.4) is 0 Å². The van der Waals surface area contributed by atoms with Crippen LogP contribution in [0, 0.1) is 6.92 Å². The quantitative estimate of drug-likeness (QED) is 0.879. The summed E-state index contributed by atoms with van der Waals surface area (Å²) in [5.41, 5.74) is 1.25. The van der Waals surface area contributed by atoms with Gasteiger partial charge in [-0.1, -0.05) is 13.8 Å². The molecule has 18 heavy (non-hydrogen) atoms. The van der Waals surface area contributed by atoms with Crippen molar-refractivity contribution in [3.8, 4) is 0 Å². The van der Waals surface area contributed by atoms with Crippen molar-refractivity contribution in [2.45, 2.75) is 32.9 Å². The minimum Gasteiger partial charge on any atom is -0.377 e. The summed E-state index contributed by atoms with van der Waals surface area (Å²) in [7, 11) is 0. The first-order valence-corrected chi connectivity index (χ1v) is 6.67. The zero-order valence-corrected chi connectivity index (χ0v) is 11.5. The van der Waals surface area contributed by atoms with Crippen molar-refractivity contribution >= 4 is 5.82 Å². The Kier molecular flexibility index (Phi) is 4.55. The molecule has 4 heteroatoms. The number of ether oxygens (including phenoxy) is 1. The lowest BCUT2D eigenvalue weighted by molar-refractivity contribution is 0.0928. The molecule has 1 aromatic rings. The molecular weight excluding hydrogens is 226 g/mol. The van der Waals surface area contributed by atoms with Crippen LogP contribution in [0.15, 0.2) is 18.3 Å². The predicted molar refractivity (Wildman–Crippen MR) is 74.1 cm³/mol. The molecule has 0 saturated carbocycles. The number of aryl methyl sites for hydroxylation is 1. The second-order valence-electron chi connectivity index (χ2n) is 5.18. The van der Waals surface area contributed by atoms with Crippen LogP contribution in [-0.2, 0) is 4.74 Å². The van der Waals surface area contributed by atoms with E-state index >= 15 is 0 Å². The Morgan fingerprint density at radius 1 is 1.56 bits per heavy atom. The van der Waals surface area contributed by atoms with E-state index in [2.05, 4.69) is 42.0 Å². The van der Waals surface area contributed by atoms with E-state index in [4.69, 9.17) is 4.74 Å². The van der Waals surface area contributed by atoms with Crippen LogP contribution in [0.5, 0.6) is 0 Å². The lowest BCUT2D eigenvalue weighted by Gasteiger charge is -2.37. The molecule has 4 nitrogen and oxygen atoms in total. The number of nitrogens with one attached hydrogen (secondary N) is 1. The van der Waals surface area contributed by atoms with Crippen molar-refractivity contribution in [2.24, 2.45) is 0 Å². The van der Waals surface area contributed by atoms with Crippen LogP contribution in [-0.4, -0.2) is 43.4 Å². The second kappa shape index (κ2) is 6.16. The van der Waals surface area contributed by atoms with Gasteiger partial charge in [0.05, 0.1) is 19.3 Å². The summed E-state index contributed by atoms with van der Waals surface area (Å²) in [6, 6.07) is 5.05. The second-order valence-corrected chi connectivity index (χ2v) is 5.18. The molecule has 0 bridgehead atoms. The van der Waals surface area contributed by atoms with Crippen molar-refractivity contribution in [3.63, 3.8) is 0 Å². The fourth-order valence-corrected chi connectivity index (χ4v) is 2.17. The van der Waals surface area contributed by atoms with Gasteiger partial charge in [-0.2, -0.15) is 0 Å². The molecule has 0 amide bonds. The van der Waals surface area contributed by atoms with Gasteiger partial charge >= 0.3 is 0 Å². The number of hydrogen-bond donors (Lipinski definition) is 1. The Hall–Kier alpha value is -1.13. The van der Waals surface area contributed by atoms with Gasteiger partial charge in [0, 0.05) is 25.3 Å². The molecule has 0 spiro atoms. The Labute approximate surface area is 109 Å². The fourth-order valence-electron chi connectivity index (χ4n) is 2.17. The zero-order valence-electron chi connectivity index (χ0n) is 11.5. The van der Waals surface area contributed by atoms with Gasteiger partial charge in [0.1, 0.15) is 5.82 Å². The Balaban J connectivity index is 2.07. The molecule has 1 unspecified atom stereocenters. The van der Waals surface area contributed by atoms with Crippen LogP contribution in [0.25, 0.3) is 0 Å². The monoisotopic (exact) mass is 249 g/mol. The highest BCUT2D eigenvalue weighted by molar-refractivity contribution is 5.42. The van der Waals surface area contributed by atoms with Crippen LogP contribution in [0.4, 0.5) is 5.82 Å². The first kappa shape index (κ1) is 13.3. The first-order valence-electron chi connectivity index (χ1n) is 6.67. The van der Waals surface area contributed by atoms with E-state index in [1.165, 1.54) is 5.56 Å². The van der Waals surface area contributed by atoms with Gasteiger partial charge in [0.25, 0.3) is 0 Å². The maximum absolute atomic E-state index is 5.59. The topological polar surface area (TPSA) is 37.4 Å². The van der Waals surface area contributed by atoms with Crippen molar-refractivity contribution < 1.29 is 4.74 Å². The molecule has 100 valence electrons. The number of nitrogens with zero attached hydrogens (tertiary/aromatic N) is 2. The van der Waals surface area contributed by atoms with E-state index in [9.17, 15) is 0 Å². The Morgan fingerprint density at radius 2 is 2.39 bits per heavy atom. The van der Waals surface area contributed by atoms with Gasteiger partial charge < -0.3 is 15.0 Å². The van der Waals surface area contributed by atoms with Crippen LogP contribution in [0.1, 0.15) is 19.4 Å². The molecule has 1 N–H and O–H groups in total. The van der Waals surface area contributed by atoms with E-state index in [1.807, 2.05) is 12.3 Å². The summed E-state index contributed by atoms with van der Waals surface area (Å²) >= 11 is 0. The van der Waals surface area contributed by atoms with E-state index in [-0.39, 0.29) is 0 Å². The number of rotatable bonds is 4. The summed E-state index contributed by atoms with van der Waals surface area (Å²) in [6.45, 7) is 9.85. The molecule has 1 fully saturated rings. The molecule has 1 aliphatic heterocycles. The molecule has 1 aliphatic rings. The molecule has 0 aliphatic carbocycles. The maximum Gasteiger partial charge on any atom is 0.129 e. The third-order valence-electron chi connectivity index (χ3n) is 3.18. The minimum atomic E-state index is 0.371. The van der Waals surface area contributed by atoms with Crippen molar-refractivity contribution in [2.75, 3.05) is 31.2 Å². The minimum absolute atomic E-state index is 0.371. The summed E-state index contributed by atoms with van der Waals surface area (Å²) in [6.07, 6.45) is 1.88. The lowest BCUT2D eigenvalue weighted by atomic mass is 10.2. The van der Waals surface area contributed by atoms with Gasteiger partial charge in [-0.05, 0) is 24.6 Å². The molecule has 1 aromatic heterocycles. The standard InChI is InChI=1S/C14H23N3O/c1-11(2)16-9-13-10-18-7-6-17(13)14-8-12(3)4-5-15-14/h4-5,8,11,13,16H,6-7,9-10H2,1-3H3. The SMILES string of the molecule is Cc1ccnc(N2CCOCC2CNC(C)C)c1. The molecule has 1 atom stereocenters. The highest BCUT2D eigenvalue weighted by Crippen LogP contribution is 2.17. The van der Waals surface area contributed by atoms with E-state index < -0.39 is 0 Å². The van der Waals surface area contributed by atoms with Crippen LogP contribution < -0.4 is 10.2 Å². The number of aromatic nitrogens is 1. The van der Waals surface area contributed by atoms with Crippen LogP contribution in [0.2, 0.25) is 0 Å². The van der Waals surface area contributed by atoms with Crippen LogP contribution >= 0.6 is 0 Å². The van der Waals surface area contributed by atoms with Gasteiger partial charge in [-0.3, -0.25) is 0 Å². The Bertz CT molecular complexity index is 381. The van der Waals surface area contributed by atoms with Gasteiger partial charge in [-0.25, -0.2) is 4.98 Å². The maximum atomic E-state index is 5.59. The van der Waals surface area contributed by atoms with Crippen molar-refractivity contribution in [3.05, 3.63) is 23.9 Å².